The lowest BCUT2D eigenvalue weighted by Crippen LogP contribution is -2.25. The molecule has 6 aromatic carbocycles. The van der Waals surface area contributed by atoms with Crippen molar-refractivity contribution in [2.45, 2.75) is 0 Å². The molecular formula is C36H28O9P2. The molecule has 2 atom stereocenters. The van der Waals surface area contributed by atoms with Gasteiger partial charge in [0.2, 0.25) is 0 Å². The van der Waals surface area contributed by atoms with Crippen molar-refractivity contribution in [1.82, 2.24) is 0 Å². The summed E-state index contributed by atoms with van der Waals surface area (Å²) in [6.07, 6.45) is 0. The Hall–Kier alpha value is -5.46. The van der Waals surface area contributed by atoms with Crippen LogP contribution in [0.25, 0.3) is 22.3 Å². The van der Waals surface area contributed by atoms with E-state index >= 15 is 0 Å². The minimum absolute atomic E-state index is 0.0231. The fraction of sp³-hybridized carbons (Fsp3) is 0. The van der Waals surface area contributed by atoms with E-state index < -0.39 is 14.7 Å². The summed E-state index contributed by atoms with van der Waals surface area (Å²) in [5.74, 6) is -0.376. The first-order valence-electron chi connectivity index (χ1n) is 14.2. The molecule has 0 fully saturated rings. The van der Waals surface area contributed by atoms with Crippen molar-refractivity contribution < 1.29 is 44.1 Å². The van der Waals surface area contributed by atoms with Gasteiger partial charge < -0.3 is 34.9 Å². The van der Waals surface area contributed by atoms with Crippen molar-refractivity contribution in [1.29, 1.82) is 0 Å². The smallest absolute Gasteiger partial charge is 0.311 e. The van der Waals surface area contributed by atoms with E-state index in [4.69, 9.17) is 4.52 Å². The molecule has 0 spiro atoms. The molecule has 2 unspecified atom stereocenters. The van der Waals surface area contributed by atoms with Gasteiger partial charge in [-0.1, -0.05) is 72.8 Å². The molecule has 0 radical (unpaired) electrons. The zero-order valence-corrected chi connectivity index (χ0v) is 26.3. The monoisotopic (exact) mass is 666 g/mol. The van der Waals surface area contributed by atoms with E-state index in [2.05, 4.69) is 0 Å². The molecule has 6 aromatic rings. The van der Waals surface area contributed by atoms with Gasteiger partial charge in [-0.25, -0.2) is 0 Å². The lowest BCUT2D eigenvalue weighted by Gasteiger charge is -2.29. The van der Waals surface area contributed by atoms with Gasteiger partial charge in [0.25, 0.3) is 7.37 Å². The second-order valence-corrected chi connectivity index (χ2v) is 15.0. The van der Waals surface area contributed by atoms with Gasteiger partial charge in [0.05, 0.1) is 15.9 Å². The van der Waals surface area contributed by atoms with Gasteiger partial charge in [-0.2, -0.15) is 0 Å². The molecule has 0 saturated heterocycles. The Bertz CT molecular complexity index is 2230. The summed E-state index contributed by atoms with van der Waals surface area (Å²) < 4.78 is 32.7. The Morgan fingerprint density at radius 2 is 1.04 bits per heavy atom. The summed E-state index contributed by atoms with van der Waals surface area (Å²) in [5.41, 5.74) is 2.45. The van der Waals surface area contributed by atoms with E-state index in [1.807, 2.05) is 24.3 Å². The van der Waals surface area contributed by atoms with Crippen molar-refractivity contribution in [3.8, 4) is 56.8 Å². The molecular weight excluding hydrogens is 638 g/mol. The second kappa shape index (κ2) is 12.4. The van der Waals surface area contributed by atoms with Crippen molar-refractivity contribution in [2.24, 2.45) is 0 Å². The van der Waals surface area contributed by atoms with Crippen LogP contribution in [0, 0.1) is 0 Å². The Morgan fingerprint density at radius 3 is 1.77 bits per heavy atom. The number of fused-ring (bicyclic) bond motifs is 3. The highest BCUT2D eigenvalue weighted by Gasteiger charge is 2.39. The normalized spacial score (nSPS) is 15.9. The van der Waals surface area contributed by atoms with Crippen LogP contribution in [0.2, 0.25) is 0 Å². The maximum Gasteiger partial charge on any atom is 0.311 e. The molecule has 236 valence electrons. The third-order valence-electron chi connectivity index (χ3n) is 7.61. The number of rotatable bonds is 4. The highest BCUT2D eigenvalue weighted by molar-refractivity contribution is 7.75. The molecule has 9 nitrogen and oxygen atoms in total. The third-order valence-corrected chi connectivity index (χ3v) is 12.1. The van der Waals surface area contributed by atoms with Crippen molar-refractivity contribution in [3.63, 3.8) is 0 Å². The number of phenolic OH excluding ortho intramolecular Hbond substituents is 5. The van der Waals surface area contributed by atoms with Crippen LogP contribution in [0.15, 0.2) is 133 Å². The van der Waals surface area contributed by atoms with E-state index in [0.29, 0.717) is 22.2 Å². The zero-order chi connectivity index (χ0) is 33.3. The predicted octanol–water partition coefficient (Wildman–Crippen LogP) is 6.08. The maximum absolute atomic E-state index is 13.7. The average Bonchev–Trinajstić information content (AvgIpc) is 3.07. The van der Waals surface area contributed by atoms with Gasteiger partial charge in [0.15, 0.2) is 0 Å². The number of para-hydroxylation sites is 2. The molecule has 0 aromatic heterocycles. The Labute approximate surface area is 269 Å². The van der Waals surface area contributed by atoms with E-state index in [-0.39, 0.29) is 44.7 Å². The van der Waals surface area contributed by atoms with E-state index in [9.17, 15) is 39.6 Å². The van der Waals surface area contributed by atoms with Gasteiger partial charge >= 0.3 is 7.37 Å². The van der Waals surface area contributed by atoms with Crippen LogP contribution >= 0.6 is 14.7 Å². The molecule has 6 N–H and O–H groups in total. The van der Waals surface area contributed by atoms with Gasteiger partial charge in [-0.3, -0.25) is 9.13 Å². The summed E-state index contributed by atoms with van der Waals surface area (Å²) >= 11 is 0. The quantitative estimate of drug-likeness (QED) is 0.0967. The van der Waals surface area contributed by atoms with Crippen LogP contribution < -0.4 is 25.7 Å². The van der Waals surface area contributed by atoms with Gasteiger partial charge in [0, 0.05) is 16.4 Å². The molecule has 0 amide bonds. The summed E-state index contributed by atoms with van der Waals surface area (Å²) in [6.45, 7) is 0. The molecule has 7 rings (SSSR count). The Morgan fingerprint density at radius 1 is 0.489 bits per heavy atom. The first kappa shape index (κ1) is 31.5. The van der Waals surface area contributed by atoms with Crippen LogP contribution in [0.5, 0.6) is 34.5 Å². The van der Waals surface area contributed by atoms with E-state index in [0.717, 1.165) is 23.3 Å². The lowest BCUT2D eigenvalue weighted by molar-refractivity contribution is 0.459. The molecule has 0 bridgehead atoms. The predicted molar refractivity (Wildman–Crippen MR) is 182 cm³/mol. The number of hydrogen-bond donors (Lipinski definition) is 6. The molecule has 47 heavy (non-hydrogen) atoms. The van der Waals surface area contributed by atoms with Crippen molar-refractivity contribution >= 4 is 36.0 Å². The SMILES string of the molecule is O=P(O)(c1cc(O)ccc1O)c1ccccc1-c1ccccc1O.O=P1(c2cc(O)ccc2O)Oc2ccccc2-c2ccccc21. The molecule has 1 aliphatic rings. The average molecular weight is 667 g/mol. The van der Waals surface area contributed by atoms with E-state index in [1.54, 1.807) is 60.7 Å². The molecule has 11 heteroatoms. The maximum atomic E-state index is 13.7. The van der Waals surface area contributed by atoms with Crippen LogP contribution in [-0.4, -0.2) is 30.4 Å². The Kier molecular flexibility index (Phi) is 8.31. The van der Waals surface area contributed by atoms with Crippen LogP contribution in [0.3, 0.4) is 0 Å². The standard InChI is InChI=1S/C18H15O5P.C18H13O4P/c19-12-9-10-16(21)18(11-12)24(22,23)17-8-4-2-6-14(17)13-5-1-3-7-15(13)20;19-12-9-10-15(20)18(11-12)23(21)17-8-4-2-6-14(17)13-5-1-3-7-16(13)22-23/h1-11,19-21H,(H,22,23);1-11,19-20H. The third kappa shape index (κ3) is 5.84. The Balaban J connectivity index is 0.000000164. The number of aromatic hydroxyl groups is 5. The van der Waals surface area contributed by atoms with Crippen LogP contribution in [0.1, 0.15) is 0 Å². The molecule has 0 aliphatic carbocycles. The second-order valence-electron chi connectivity index (χ2n) is 10.6. The highest BCUT2D eigenvalue weighted by atomic mass is 31.2. The van der Waals surface area contributed by atoms with Gasteiger partial charge in [-0.15, -0.1) is 0 Å². The van der Waals surface area contributed by atoms with Crippen molar-refractivity contribution in [3.05, 3.63) is 133 Å². The summed E-state index contributed by atoms with van der Waals surface area (Å²) in [6, 6.07) is 34.9. The van der Waals surface area contributed by atoms with Gasteiger partial charge in [-0.05, 0) is 71.8 Å². The zero-order valence-electron chi connectivity index (χ0n) is 24.5. The first-order valence-corrected chi connectivity index (χ1v) is 17.5. The first-order chi connectivity index (χ1) is 22.5. The summed E-state index contributed by atoms with van der Waals surface area (Å²) in [5, 5.41) is 49.9. The molecule has 1 heterocycles. The molecule has 1 aliphatic heterocycles. The highest BCUT2D eigenvalue weighted by Crippen LogP contribution is 2.55. The fourth-order valence-electron chi connectivity index (χ4n) is 5.39. The van der Waals surface area contributed by atoms with Crippen molar-refractivity contribution in [2.75, 3.05) is 0 Å². The minimum Gasteiger partial charge on any atom is -0.508 e. The van der Waals surface area contributed by atoms with Crippen LogP contribution in [0.4, 0.5) is 0 Å². The number of hydrogen-bond acceptors (Lipinski definition) is 8. The number of phenols is 5. The van der Waals surface area contributed by atoms with E-state index in [1.165, 1.54) is 36.4 Å². The van der Waals surface area contributed by atoms with Crippen LogP contribution in [-0.2, 0) is 9.13 Å². The topological polar surface area (TPSA) is 165 Å². The fourth-order valence-corrected chi connectivity index (χ4v) is 9.52. The largest absolute Gasteiger partial charge is 0.508 e. The molecule has 0 saturated carbocycles. The van der Waals surface area contributed by atoms with Gasteiger partial charge in [0.1, 0.15) is 34.5 Å². The summed E-state index contributed by atoms with van der Waals surface area (Å²) in [7, 11) is -7.77. The minimum atomic E-state index is -4.21. The summed E-state index contributed by atoms with van der Waals surface area (Å²) in [4.78, 5) is 10.7. The number of benzene rings is 6. The lowest BCUT2D eigenvalue weighted by atomic mass is 10.0.